The zero-order valence-electron chi connectivity index (χ0n) is 21.6. The van der Waals surface area contributed by atoms with Crippen LogP contribution in [0.4, 0.5) is 0 Å². The maximum atomic E-state index is 13.5. The lowest BCUT2D eigenvalue weighted by Gasteiger charge is -2.36. The Labute approximate surface area is 215 Å². The minimum atomic E-state index is -1.66. The van der Waals surface area contributed by atoms with Gasteiger partial charge in [0.15, 0.2) is 5.41 Å². The van der Waals surface area contributed by atoms with Crippen molar-refractivity contribution in [3.8, 4) is 0 Å². The summed E-state index contributed by atoms with van der Waals surface area (Å²) in [6, 6.07) is 7.26. The van der Waals surface area contributed by atoms with Crippen molar-refractivity contribution >= 4 is 23.9 Å². The van der Waals surface area contributed by atoms with E-state index in [4.69, 9.17) is 23.7 Å². The van der Waals surface area contributed by atoms with Crippen molar-refractivity contribution in [2.75, 3.05) is 26.4 Å². The predicted molar refractivity (Wildman–Crippen MR) is 130 cm³/mol. The molecule has 0 amide bonds. The van der Waals surface area contributed by atoms with Gasteiger partial charge in [0.2, 0.25) is 0 Å². The third kappa shape index (κ3) is 3.87. The molecule has 3 aliphatic rings. The van der Waals surface area contributed by atoms with Crippen molar-refractivity contribution in [1.82, 2.24) is 0 Å². The molecule has 3 unspecified atom stereocenters. The minimum Gasteiger partial charge on any atom is -0.465 e. The van der Waals surface area contributed by atoms with Gasteiger partial charge >= 0.3 is 23.9 Å². The first kappa shape index (κ1) is 26.6. The molecule has 2 heterocycles. The summed E-state index contributed by atoms with van der Waals surface area (Å²) in [7, 11) is 0. The third-order valence-electron chi connectivity index (χ3n) is 7.22. The quantitative estimate of drug-likeness (QED) is 0.212. The van der Waals surface area contributed by atoms with E-state index in [2.05, 4.69) is 6.58 Å². The average molecular weight is 513 g/mol. The van der Waals surface area contributed by atoms with Gasteiger partial charge in [0.05, 0.1) is 37.6 Å². The van der Waals surface area contributed by atoms with Crippen LogP contribution >= 0.6 is 0 Å². The van der Waals surface area contributed by atoms with Gasteiger partial charge in [-0.05, 0) is 51.7 Å². The molecule has 2 aliphatic heterocycles. The Balaban J connectivity index is 1.94. The zero-order valence-corrected chi connectivity index (χ0v) is 21.6. The summed E-state index contributed by atoms with van der Waals surface area (Å²) >= 11 is 0. The van der Waals surface area contributed by atoms with E-state index in [9.17, 15) is 19.2 Å². The second-order valence-corrected chi connectivity index (χ2v) is 9.17. The van der Waals surface area contributed by atoms with E-state index in [0.717, 1.165) is 0 Å². The number of benzene rings is 1. The number of esters is 4. The van der Waals surface area contributed by atoms with E-state index in [1.165, 1.54) is 0 Å². The molecule has 0 saturated heterocycles. The highest BCUT2D eigenvalue weighted by atomic mass is 16.6. The first-order valence-electron chi connectivity index (χ1n) is 12.6. The number of rotatable bonds is 9. The number of fused-ring (bicyclic) bond motifs is 5. The first-order valence-corrected chi connectivity index (χ1v) is 12.6. The van der Waals surface area contributed by atoms with Crippen LogP contribution in [0, 0.1) is 11.3 Å². The summed E-state index contributed by atoms with van der Waals surface area (Å²) < 4.78 is 27.9. The normalized spacial score (nSPS) is 25.0. The van der Waals surface area contributed by atoms with Gasteiger partial charge in [-0.2, -0.15) is 0 Å². The van der Waals surface area contributed by atoms with Gasteiger partial charge in [0, 0.05) is 5.92 Å². The van der Waals surface area contributed by atoms with Crippen molar-refractivity contribution in [3.63, 3.8) is 0 Å². The second kappa shape index (κ2) is 10.1. The summed E-state index contributed by atoms with van der Waals surface area (Å²) in [6.07, 6.45) is -0.996. The first-order chi connectivity index (χ1) is 17.7. The molecule has 3 atom stereocenters. The smallest absolute Gasteiger partial charge is 0.338 e. The maximum absolute atomic E-state index is 13.5. The summed E-state index contributed by atoms with van der Waals surface area (Å²) in [5.41, 5.74) is -1.22. The van der Waals surface area contributed by atoms with Crippen LogP contribution in [0.3, 0.4) is 0 Å². The Morgan fingerprint density at radius 1 is 0.892 bits per heavy atom. The lowest BCUT2D eigenvalue weighted by Crippen LogP contribution is -2.43. The van der Waals surface area contributed by atoms with Crippen molar-refractivity contribution in [2.24, 2.45) is 11.3 Å². The van der Waals surface area contributed by atoms with E-state index in [0.29, 0.717) is 16.7 Å². The van der Waals surface area contributed by atoms with Crippen molar-refractivity contribution in [1.29, 1.82) is 0 Å². The fraction of sp³-hybridized carbons (Fsp3) is 0.500. The minimum absolute atomic E-state index is 0.0196. The van der Waals surface area contributed by atoms with Gasteiger partial charge in [-0.25, -0.2) is 9.59 Å². The van der Waals surface area contributed by atoms with Crippen LogP contribution in [0.25, 0.3) is 0 Å². The standard InChI is InChI=1S/C28H32O9/c1-6-33-23(29)20-21(24(30)34-7-2)28(18-13-11-10-12-17(18)22(20)37-28)19-15-27(14-16(19)5,25(31)35-8-3)26(32)36-9-4/h10-13,19,22H,5-9,14-15H2,1-4H3. The Morgan fingerprint density at radius 3 is 2.05 bits per heavy atom. The Kier molecular flexibility index (Phi) is 7.28. The molecule has 2 bridgehead atoms. The third-order valence-corrected chi connectivity index (χ3v) is 7.22. The van der Waals surface area contributed by atoms with Crippen LogP contribution in [0.15, 0.2) is 47.6 Å². The van der Waals surface area contributed by atoms with Crippen LogP contribution in [-0.4, -0.2) is 50.3 Å². The van der Waals surface area contributed by atoms with Gasteiger partial charge in [0.25, 0.3) is 0 Å². The number of hydrogen-bond donors (Lipinski definition) is 0. The van der Waals surface area contributed by atoms with E-state index in [1.807, 2.05) is 18.2 Å². The molecule has 0 aromatic heterocycles. The molecule has 1 fully saturated rings. The maximum Gasteiger partial charge on any atom is 0.338 e. The molecule has 9 nitrogen and oxygen atoms in total. The van der Waals surface area contributed by atoms with Gasteiger partial charge in [0.1, 0.15) is 11.7 Å². The molecule has 0 spiro atoms. The Morgan fingerprint density at radius 2 is 1.46 bits per heavy atom. The number of ether oxygens (including phenoxy) is 5. The molecule has 1 saturated carbocycles. The number of carbonyl (C=O) groups excluding carboxylic acids is 4. The van der Waals surface area contributed by atoms with Gasteiger partial charge in [-0.15, -0.1) is 0 Å². The lowest BCUT2D eigenvalue weighted by atomic mass is 9.68. The van der Waals surface area contributed by atoms with Gasteiger partial charge < -0.3 is 23.7 Å². The molecule has 1 aromatic carbocycles. The topological polar surface area (TPSA) is 114 Å². The van der Waals surface area contributed by atoms with Crippen LogP contribution in [0.5, 0.6) is 0 Å². The molecule has 0 radical (unpaired) electrons. The molecule has 4 rings (SSSR count). The Bertz CT molecular complexity index is 1160. The SMILES string of the molecule is C=C1CC(C(=O)OCC)(C(=O)OCC)CC1C12OC(C(C(=O)OCC)=C1C(=O)OCC)c1ccccc12. The molecule has 9 heteroatoms. The van der Waals surface area contributed by atoms with Gasteiger partial charge in [-0.1, -0.05) is 36.4 Å². The summed E-state index contributed by atoms with van der Waals surface area (Å²) in [6.45, 7) is 11.2. The molecular formula is C28H32O9. The predicted octanol–water partition coefficient (Wildman–Crippen LogP) is 3.47. The van der Waals surface area contributed by atoms with E-state index in [1.54, 1.807) is 33.8 Å². The van der Waals surface area contributed by atoms with E-state index >= 15 is 0 Å². The number of carbonyl (C=O) groups is 4. The van der Waals surface area contributed by atoms with Crippen LogP contribution < -0.4 is 0 Å². The van der Waals surface area contributed by atoms with Gasteiger partial charge in [-0.3, -0.25) is 9.59 Å². The molecular weight excluding hydrogens is 480 g/mol. The molecule has 1 aromatic rings. The highest BCUT2D eigenvalue weighted by Crippen LogP contribution is 2.66. The molecule has 198 valence electrons. The van der Waals surface area contributed by atoms with Crippen LogP contribution in [0.2, 0.25) is 0 Å². The zero-order chi connectivity index (χ0) is 27.0. The second-order valence-electron chi connectivity index (χ2n) is 9.17. The lowest BCUT2D eigenvalue weighted by molar-refractivity contribution is -0.172. The molecule has 0 N–H and O–H groups in total. The highest BCUT2D eigenvalue weighted by molar-refractivity contribution is 6.06. The summed E-state index contributed by atoms with van der Waals surface area (Å²) in [4.78, 5) is 53.1. The van der Waals surface area contributed by atoms with E-state index < -0.39 is 46.9 Å². The Hall–Kier alpha value is -3.46. The average Bonchev–Trinajstić information content (AvgIpc) is 3.52. The fourth-order valence-electron chi connectivity index (χ4n) is 5.88. The van der Waals surface area contributed by atoms with Crippen LogP contribution in [0.1, 0.15) is 57.8 Å². The summed E-state index contributed by atoms with van der Waals surface area (Å²) in [5, 5.41) is 0. The van der Waals surface area contributed by atoms with Crippen molar-refractivity contribution in [3.05, 3.63) is 58.7 Å². The van der Waals surface area contributed by atoms with Crippen molar-refractivity contribution in [2.45, 2.75) is 52.2 Å². The highest BCUT2D eigenvalue weighted by Gasteiger charge is 2.69. The fourth-order valence-corrected chi connectivity index (χ4v) is 5.88. The molecule has 1 aliphatic carbocycles. The summed E-state index contributed by atoms with van der Waals surface area (Å²) in [5.74, 6) is -3.58. The van der Waals surface area contributed by atoms with E-state index in [-0.39, 0.29) is 50.4 Å². The number of hydrogen-bond acceptors (Lipinski definition) is 9. The molecule has 37 heavy (non-hydrogen) atoms. The van der Waals surface area contributed by atoms with Crippen molar-refractivity contribution < 1.29 is 42.9 Å². The monoisotopic (exact) mass is 512 g/mol. The largest absolute Gasteiger partial charge is 0.465 e. The van der Waals surface area contributed by atoms with Crippen LogP contribution in [-0.2, 0) is 48.5 Å².